The maximum absolute atomic E-state index is 10.5. The van der Waals surface area contributed by atoms with Gasteiger partial charge in [-0.25, -0.2) is 0 Å². The number of fused-ring (bicyclic) bond motifs is 5. The first kappa shape index (κ1) is 16.4. The molecule has 4 fully saturated rings. The molecular weight excluding hydrogens is 280 g/mol. The summed E-state index contributed by atoms with van der Waals surface area (Å²) in [7, 11) is 0. The number of aliphatic hydroxyl groups excluding tert-OH is 1. The van der Waals surface area contributed by atoms with Gasteiger partial charge in [0.15, 0.2) is 0 Å². The lowest BCUT2D eigenvalue weighted by molar-refractivity contribution is -0.142. The molecule has 0 spiro atoms. The minimum Gasteiger partial charge on any atom is -0.393 e. The van der Waals surface area contributed by atoms with E-state index in [0.29, 0.717) is 16.7 Å². The first-order chi connectivity index (χ1) is 10.9. The molecule has 1 heteroatoms. The summed E-state index contributed by atoms with van der Waals surface area (Å²) >= 11 is 0. The molecule has 0 aromatic rings. The van der Waals surface area contributed by atoms with E-state index in [1.54, 1.807) is 0 Å². The van der Waals surface area contributed by atoms with Crippen LogP contribution in [0.2, 0.25) is 0 Å². The van der Waals surface area contributed by atoms with Gasteiger partial charge in [0.1, 0.15) is 0 Å². The van der Waals surface area contributed by atoms with E-state index in [1.165, 1.54) is 51.4 Å². The van der Waals surface area contributed by atoms with Gasteiger partial charge in [-0.05, 0) is 97.7 Å². The minimum absolute atomic E-state index is 0.0185. The van der Waals surface area contributed by atoms with Gasteiger partial charge >= 0.3 is 0 Å². The Hall–Kier alpha value is -0.0400. The highest BCUT2D eigenvalue weighted by Crippen LogP contribution is 2.67. The standard InChI is InChI=1S/C22H38O/c1-5-15-13-22(4)16(12-20(15)23)7-8-17-18-9-6-14(2)21(18,3)11-10-19(17)22/h14-20,23H,5-13H2,1-4H3/t14-,15-,16-,17-,18-,19-,20-,21+,22-/m0/s1. The molecule has 23 heavy (non-hydrogen) atoms. The van der Waals surface area contributed by atoms with Crippen LogP contribution in [0.15, 0.2) is 0 Å². The van der Waals surface area contributed by atoms with Gasteiger partial charge < -0.3 is 5.11 Å². The quantitative estimate of drug-likeness (QED) is 0.661. The second-order valence-corrected chi connectivity index (χ2v) is 10.4. The minimum atomic E-state index is -0.0185. The van der Waals surface area contributed by atoms with Gasteiger partial charge in [-0.1, -0.05) is 34.1 Å². The lowest BCUT2D eigenvalue weighted by Gasteiger charge is -2.62. The highest BCUT2D eigenvalue weighted by atomic mass is 16.3. The molecule has 0 radical (unpaired) electrons. The third-order valence-corrected chi connectivity index (χ3v) is 9.84. The van der Waals surface area contributed by atoms with Crippen LogP contribution in [0.4, 0.5) is 0 Å². The third kappa shape index (κ3) is 2.21. The second-order valence-electron chi connectivity index (χ2n) is 10.4. The molecule has 0 saturated heterocycles. The first-order valence-corrected chi connectivity index (χ1v) is 10.6. The van der Waals surface area contributed by atoms with Crippen molar-refractivity contribution in [3.8, 4) is 0 Å². The highest BCUT2D eigenvalue weighted by molar-refractivity contribution is 5.09. The molecule has 0 unspecified atom stereocenters. The van der Waals surface area contributed by atoms with Gasteiger partial charge in [0.2, 0.25) is 0 Å². The van der Waals surface area contributed by atoms with Gasteiger partial charge in [-0.2, -0.15) is 0 Å². The van der Waals surface area contributed by atoms with E-state index in [-0.39, 0.29) is 6.10 Å². The third-order valence-electron chi connectivity index (χ3n) is 9.84. The molecular formula is C22H38O. The van der Waals surface area contributed by atoms with E-state index in [1.807, 2.05) is 0 Å². The van der Waals surface area contributed by atoms with Crippen molar-refractivity contribution in [3.63, 3.8) is 0 Å². The van der Waals surface area contributed by atoms with E-state index in [4.69, 9.17) is 0 Å². The molecule has 1 N–H and O–H groups in total. The number of hydrogen-bond donors (Lipinski definition) is 1. The van der Waals surface area contributed by atoms with Crippen LogP contribution in [0.3, 0.4) is 0 Å². The SMILES string of the molecule is CC[C@H]1C[C@@]2(C)[C@@H](CC[C@@H]3[C@@H]2CC[C@]2(C)[C@@H](C)CC[C@@H]32)C[C@@H]1O. The van der Waals surface area contributed by atoms with E-state index in [2.05, 4.69) is 27.7 Å². The Morgan fingerprint density at radius 2 is 1.70 bits per heavy atom. The summed E-state index contributed by atoms with van der Waals surface area (Å²) in [6, 6.07) is 0. The topological polar surface area (TPSA) is 20.2 Å². The van der Waals surface area contributed by atoms with E-state index in [9.17, 15) is 5.11 Å². The van der Waals surface area contributed by atoms with Crippen LogP contribution < -0.4 is 0 Å². The van der Waals surface area contributed by atoms with Crippen LogP contribution in [0.25, 0.3) is 0 Å². The average Bonchev–Trinajstić information content (AvgIpc) is 2.83. The highest BCUT2D eigenvalue weighted by Gasteiger charge is 2.60. The van der Waals surface area contributed by atoms with Crippen LogP contribution in [0.5, 0.6) is 0 Å². The summed E-state index contributed by atoms with van der Waals surface area (Å²) < 4.78 is 0. The van der Waals surface area contributed by atoms with Crippen molar-refractivity contribution in [2.75, 3.05) is 0 Å². The average molecular weight is 319 g/mol. The van der Waals surface area contributed by atoms with Crippen molar-refractivity contribution < 1.29 is 5.11 Å². The van der Waals surface area contributed by atoms with Crippen molar-refractivity contribution >= 4 is 0 Å². The predicted octanol–water partition coefficient (Wildman–Crippen LogP) is 5.66. The normalized spacial score (nSPS) is 59.1. The lowest BCUT2D eigenvalue weighted by atomic mass is 9.44. The second kappa shape index (κ2) is 5.48. The molecule has 0 bridgehead atoms. The van der Waals surface area contributed by atoms with E-state index >= 15 is 0 Å². The summed E-state index contributed by atoms with van der Waals surface area (Å²) in [5.74, 6) is 5.24. The Labute approximate surface area is 143 Å². The Balaban J connectivity index is 1.62. The van der Waals surface area contributed by atoms with Crippen molar-refractivity contribution in [2.24, 2.45) is 46.3 Å². The summed E-state index contributed by atoms with van der Waals surface area (Å²) in [5.41, 5.74) is 1.17. The maximum Gasteiger partial charge on any atom is 0.0571 e. The van der Waals surface area contributed by atoms with Gasteiger partial charge in [0, 0.05) is 0 Å². The van der Waals surface area contributed by atoms with Crippen LogP contribution in [-0.4, -0.2) is 11.2 Å². The molecule has 0 aliphatic heterocycles. The fourth-order valence-electron chi connectivity index (χ4n) is 8.10. The molecule has 1 nitrogen and oxygen atoms in total. The van der Waals surface area contributed by atoms with Crippen molar-refractivity contribution in [3.05, 3.63) is 0 Å². The molecule has 132 valence electrons. The molecule has 4 rings (SSSR count). The molecule has 0 amide bonds. The fourth-order valence-corrected chi connectivity index (χ4v) is 8.10. The number of aliphatic hydroxyl groups is 1. The number of hydrogen-bond acceptors (Lipinski definition) is 1. The van der Waals surface area contributed by atoms with Gasteiger partial charge in [0.05, 0.1) is 6.10 Å². The number of rotatable bonds is 1. The summed E-state index contributed by atoms with van der Waals surface area (Å²) in [6.45, 7) is 10.1. The zero-order valence-electron chi connectivity index (χ0n) is 15.9. The van der Waals surface area contributed by atoms with Crippen LogP contribution in [0.1, 0.15) is 85.5 Å². The monoisotopic (exact) mass is 318 g/mol. The zero-order valence-corrected chi connectivity index (χ0v) is 15.9. The van der Waals surface area contributed by atoms with Gasteiger partial charge in [0.25, 0.3) is 0 Å². The lowest BCUT2D eigenvalue weighted by Crippen LogP contribution is -2.55. The summed E-state index contributed by atoms with van der Waals surface area (Å²) in [6.07, 6.45) is 12.3. The Morgan fingerprint density at radius 3 is 2.43 bits per heavy atom. The van der Waals surface area contributed by atoms with Gasteiger partial charge in [-0.3, -0.25) is 0 Å². The molecule has 0 aromatic carbocycles. The summed E-state index contributed by atoms with van der Waals surface area (Å²) in [4.78, 5) is 0. The Bertz CT molecular complexity index is 459. The first-order valence-electron chi connectivity index (χ1n) is 10.6. The fraction of sp³-hybridized carbons (Fsp3) is 1.00. The molecule has 9 atom stereocenters. The van der Waals surface area contributed by atoms with E-state index < -0.39 is 0 Å². The van der Waals surface area contributed by atoms with Crippen molar-refractivity contribution in [1.29, 1.82) is 0 Å². The molecule has 0 aromatic heterocycles. The van der Waals surface area contributed by atoms with Crippen molar-refractivity contribution in [1.82, 2.24) is 0 Å². The Morgan fingerprint density at radius 1 is 0.957 bits per heavy atom. The van der Waals surface area contributed by atoms with E-state index in [0.717, 1.165) is 36.0 Å². The van der Waals surface area contributed by atoms with Crippen LogP contribution in [0, 0.1) is 46.3 Å². The van der Waals surface area contributed by atoms with Crippen LogP contribution >= 0.6 is 0 Å². The van der Waals surface area contributed by atoms with Crippen LogP contribution in [-0.2, 0) is 0 Å². The Kier molecular flexibility index (Phi) is 3.91. The predicted molar refractivity (Wildman–Crippen MR) is 96.1 cm³/mol. The molecule has 4 aliphatic rings. The molecule has 0 heterocycles. The largest absolute Gasteiger partial charge is 0.393 e. The van der Waals surface area contributed by atoms with Crippen molar-refractivity contribution in [2.45, 2.75) is 91.6 Å². The smallest absolute Gasteiger partial charge is 0.0571 e. The molecule has 4 aliphatic carbocycles. The molecule has 4 saturated carbocycles. The summed E-state index contributed by atoms with van der Waals surface area (Å²) in [5, 5.41) is 10.5. The zero-order chi connectivity index (χ0) is 16.4. The van der Waals surface area contributed by atoms with Gasteiger partial charge in [-0.15, -0.1) is 0 Å². The maximum atomic E-state index is 10.5.